The largest absolute Gasteiger partial charge is 0.299 e. The maximum Gasteiger partial charge on any atom is 0.139 e. The van der Waals surface area contributed by atoms with Crippen molar-refractivity contribution in [2.45, 2.75) is 33.1 Å². The fourth-order valence-electron chi connectivity index (χ4n) is 3.06. The van der Waals surface area contributed by atoms with Crippen LogP contribution < -0.4 is 0 Å². The van der Waals surface area contributed by atoms with Crippen LogP contribution in [-0.2, 0) is 4.79 Å². The van der Waals surface area contributed by atoms with Crippen molar-refractivity contribution >= 4 is 5.78 Å². The summed E-state index contributed by atoms with van der Waals surface area (Å²) in [5.74, 6) is 1.96. The Morgan fingerprint density at radius 2 is 2.23 bits per heavy atom. The molecular formula is C12H18O. The summed E-state index contributed by atoms with van der Waals surface area (Å²) in [5.41, 5.74) is 0.300. The van der Waals surface area contributed by atoms with E-state index in [4.69, 9.17) is 0 Å². The average Bonchev–Trinajstić information content (AvgIpc) is 2.08. The zero-order chi connectivity index (χ0) is 9.64. The first-order valence-corrected chi connectivity index (χ1v) is 5.22. The van der Waals surface area contributed by atoms with Crippen LogP contribution in [0.4, 0.5) is 0 Å². The van der Waals surface area contributed by atoms with Gasteiger partial charge >= 0.3 is 0 Å². The number of hydrogen-bond acceptors (Lipinski definition) is 1. The molecular weight excluding hydrogens is 160 g/mol. The first-order chi connectivity index (χ1) is 6.07. The van der Waals surface area contributed by atoms with E-state index in [-0.39, 0.29) is 0 Å². The molecule has 3 aliphatic rings. The monoisotopic (exact) mass is 178 g/mol. The second-order valence-electron chi connectivity index (χ2n) is 5.17. The highest BCUT2D eigenvalue weighted by atomic mass is 16.1. The molecule has 0 aromatic heterocycles. The molecule has 0 heterocycles. The number of ketones is 1. The van der Waals surface area contributed by atoms with Gasteiger partial charge in [-0.25, -0.2) is 0 Å². The van der Waals surface area contributed by atoms with Gasteiger partial charge < -0.3 is 0 Å². The fraction of sp³-hybridized carbons (Fsp3) is 0.750. The van der Waals surface area contributed by atoms with E-state index in [1.54, 1.807) is 0 Å². The van der Waals surface area contributed by atoms with Gasteiger partial charge in [0.25, 0.3) is 0 Å². The molecule has 0 radical (unpaired) electrons. The van der Waals surface area contributed by atoms with Gasteiger partial charge in [-0.05, 0) is 30.6 Å². The lowest BCUT2D eigenvalue weighted by Crippen LogP contribution is -2.56. The van der Waals surface area contributed by atoms with Gasteiger partial charge in [-0.15, -0.1) is 6.58 Å². The lowest BCUT2D eigenvalue weighted by Gasteiger charge is -2.57. The van der Waals surface area contributed by atoms with Crippen molar-refractivity contribution in [1.82, 2.24) is 0 Å². The minimum Gasteiger partial charge on any atom is -0.299 e. The molecule has 1 unspecified atom stereocenters. The average molecular weight is 178 g/mol. The van der Waals surface area contributed by atoms with E-state index in [9.17, 15) is 4.79 Å². The zero-order valence-corrected chi connectivity index (χ0v) is 8.55. The Kier molecular flexibility index (Phi) is 1.86. The molecule has 0 spiro atoms. The predicted molar refractivity (Wildman–Crippen MR) is 53.3 cm³/mol. The summed E-state index contributed by atoms with van der Waals surface area (Å²) in [6, 6.07) is 0. The molecule has 3 saturated carbocycles. The topological polar surface area (TPSA) is 17.1 Å². The second kappa shape index (κ2) is 2.70. The predicted octanol–water partition coefficient (Wildman–Crippen LogP) is 2.81. The van der Waals surface area contributed by atoms with Crippen LogP contribution in [0.3, 0.4) is 0 Å². The lowest BCUT2D eigenvalue weighted by molar-refractivity contribution is -0.156. The van der Waals surface area contributed by atoms with Crippen molar-refractivity contribution in [2.75, 3.05) is 0 Å². The molecule has 0 aromatic carbocycles. The molecule has 3 aliphatic carbocycles. The molecule has 0 aliphatic heterocycles. The Labute approximate surface area is 80.2 Å². The molecule has 1 heteroatoms. The Bertz CT molecular complexity index is 252. The third-order valence-electron chi connectivity index (χ3n) is 4.24. The van der Waals surface area contributed by atoms with E-state index < -0.39 is 0 Å². The van der Waals surface area contributed by atoms with Crippen LogP contribution in [0.2, 0.25) is 0 Å². The van der Waals surface area contributed by atoms with Gasteiger partial charge in [-0.2, -0.15) is 0 Å². The van der Waals surface area contributed by atoms with Gasteiger partial charge in [0.2, 0.25) is 0 Å². The molecule has 0 amide bonds. The zero-order valence-electron chi connectivity index (χ0n) is 8.55. The molecule has 72 valence electrons. The van der Waals surface area contributed by atoms with E-state index in [1.807, 2.05) is 6.08 Å². The summed E-state index contributed by atoms with van der Waals surface area (Å²) in [6.07, 6.45) is 5.04. The van der Waals surface area contributed by atoms with E-state index in [2.05, 4.69) is 20.4 Å². The van der Waals surface area contributed by atoms with Gasteiger partial charge in [-0.3, -0.25) is 4.79 Å². The molecule has 1 nitrogen and oxygen atoms in total. The molecule has 0 N–H and O–H groups in total. The fourth-order valence-corrected chi connectivity index (χ4v) is 3.06. The highest BCUT2D eigenvalue weighted by Crippen LogP contribution is 2.59. The smallest absolute Gasteiger partial charge is 0.139 e. The van der Waals surface area contributed by atoms with E-state index in [1.165, 1.54) is 0 Å². The SMILES string of the molecule is C=CCC1C[C@@H]2C[C@@H](C1=O)C2(C)C. The van der Waals surface area contributed by atoms with Crippen LogP contribution in [0, 0.1) is 23.2 Å². The Hall–Kier alpha value is -0.590. The van der Waals surface area contributed by atoms with Crippen LogP contribution in [0.5, 0.6) is 0 Å². The maximum absolute atomic E-state index is 11.9. The van der Waals surface area contributed by atoms with Crippen molar-refractivity contribution in [2.24, 2.45) is 23.2 Å². The number of carbonyl (C=O) groups is 1. The van der Waals surface area contributed by atoms with Gasteiger partial charge in [0, 0.05) is 11.8 Å². The van der Waals surface area contributed by atoms with E-state index >= 15 is 0 Å². The number of Topliss-reactive ketones (excluding diaryl/α,β-unsaturated/α-hetero) is 1. The highest BCUT2D eigenvalue weighted by Gasteiger charge is 2.57. The summed E-state index contributed by atoms with van der Waals surface area (Å²) >= 11 is 0. The number of hydrogen-bond donors (Lipinski definition) is 0. The molecule has 3 fully saturated rings. The van der Waals surface area contributed by atoms with Crippen molar-refractivity contribution in [1.29, 1.82) is 0 Å². The summed E-state index contributed by atoms with van der Waals surface area (Å²) in [7, 11) is 0. The van der Waals surface area contributed by atoms with Gasteiger partial charge in [-0.1, -0.05) is 19.9 Å². The van der Waals surface area contributed by atoms with Gasteiger partial charge in [0.1, 0.15) is 5.78 Å². The first-order valence-electron chi connectivity index (χ1n) is 5.22. The minimum atomic E-state index is 0.300. The van der Waals surface area contributed by atoms with Crippen LogP contribution in [0.1, 0.15) is 33.1 Å². The maximum atomic E-state index is 11.9. The quantitative estimate of drug-likeness (QED) is 0.594. The molecule has 0 saturated heterocycles. The summed E-state index contributed by atoms with van der Waals surface area (Å²) in [6.45, 7) is 8.20. The molecule has 3 atom stereocenters. The third kappa shape index (κ3) is 1.09. The molecule has 2 bridgehead atoms. The van der Waals surface area contributed by atoms with Crippen molar-refractivity contribution in [3.05, 3.63) is 12.7 Å². The van der Waals surface area contributed by atoms with E-state index in [0.29, 0.717) is 23.0 Å². The second-order valence-corrected chi connectivity index (χ2v) is 5.17. The van der Waals surface area contributed by atoms with Crippen LogP contribution >= 0.6 is 0 Å². The highest BCUT2D eigenvalue weighted by molar-refractivity contribution is 5.86. The number of carbonyl (C=O) groups excluding carboxylic acids is 1. The van der Waals surface area contributed by atoms with Crippen molar-refractivity contribution in [3.8, 4) is 0 Å². The summed E-state index contributed by atoms with van der Waals surface area (Å²) in [4.78, 5) is 11.9. The van der Waals surface area contributed by atoms with Crippen molar-refractivity contribution < 1.29 is 4.79 Å². The first kappa shape index (κ1) is 8.98. The number of rotatable bonds is 2. The Morgan fingerprint density at radius 1 is 1.54 bits per heavy atom. The molecule has 0 aromatic rings. The molecule has 13 heavy (non-hydrogen) atoms. The Morgan fingerprint density at radius 3 is 2.69 bits per heavy atom. The van der Waals surface area contributed by atoms with Crippen molar-refractivity contribution in [3.63, 3.8) is 0 Å². The third-order valence-corrected chi connectivity index (χ3v) is 4.24. The standard InChI is InChI=1S/C12H18O/c1-4-5-8-6-9-7-10(11(8)13)12(9,2)3/h4,8-10H,1,5-7H2,2-3H3/t8?,9-,10+/m1/s1. The molecule has 3 rings (SSSR count). The van der Waals surface area contributed by atoms with Crippen LogP contribution in [0.25, 0.3) is 0 Å². The normalized spacial score (nSPS) is 41.1. The minimum absolute atomic E-state index is 0.300. The van der Waals surface area contributed by atoms with Crippen LogP contribution in [-0.4, -0.2) is 5.78 Å². The number of fused-ring (bicyclic) bond motifs is 2. The van der Waals surface area contributed by atoms with E-state index in [0.717, 1.165) is 25.2 Å². The van der Waals surface area contributed by atoms with Gasteiger partial charge in [0.05, 0.1) is 0 Å². The van der Waals surface area contributed by atoms with Gasteiger partial charge in [0.15, 0.2) is 0 Å². The number of allylic oxidation sites excluding steroid dienone is 1. The Balaban J connectivity index is 2.12. The lowest BCUT2D eigenvalue weighted by atomic mass is 9.46. The van der Waals surface area contributed by atoms with Crippen LogP contribution in [0.15, 0.2) is 12.7 Å². The summed E-state index contributed by atoms with van der Waals surface area (Å²) < 4.78 is 0. The summed E-state index contributed by atoms with van der Waals surface area (Å²) in [5, 5.41) is 0.